The average molecular weight is 500 g/mol. The van der Waals surface area contributed by atoms with Gasteiger partial charge in [-0.25, -0.2) is 13.6 Å². The lowest BCUT2D eigenvalue weighted by Gasteiger charge is -2.15. The summed E-state index contributed by atoms with van der Waals surface area (Å²) >= 11 is 0.785. The molecule has 0 saturated heterocycles. The minimum Gasteiger partial charge on any atom is -0.468 e. The summed E-state index contributed by atoms with van der Waals surface area (Å²) < 4.78 is 37.0. The molecule has 188 valence electrons. The highest BCUT2D eigenvalue weighted by Gasteiger charge is 2.24. The Bertz CT molecular complexity index is 973. The van der Waals surface area contributed by atoms with E-state index in [2.05, 4.69) is 15.0 Å². The number of amides is 3. The molecule has 0 fully saturated rings. The van der Waals surface area contributed by atoms with Crippen molar-refractivity contribution in [3.63, 3.8) is 0 Å². The third kappa shape index (κ3) is 8.50. The molecule has 34 heavy (non-hydrogen) atoms. The second kappa shape index (κ2) is 13.2. The number of aliphatic hydroxyl groups is 1. The fourth-order valence-electron chi connectivity index (χ4n) is 3.26. The van der Waals surface area contributed by atoms with Crippen molar-refractivity contribution in [1.29, 1.82) is 0 Å². The second-order valence-electron chi connectivity index (χ2n) is 8.13. The van der Waals surface area contributed by atoms with Crippen molar-refractivity contribution in [3.05, 3.63) is 41.0 Å². The van der Waals surface area contributed by atoms with Crippen LogP contribution in [0.5, 0.6) is 5.88 Å². The zero-order valence-corrected chi connectivity index (χ0v) is 20.3. The summed E-state index contributed by atoms with van der Waals surface area (Å²) in [6.07, 6.45) is 1.75. The zero-order chi connectivity index (χ0) is 25.3. The third-order valence-corrected chi connectivity index (χ3v) is 5.64. The molecule has 2 atom stereocenters. The van der Waals surface area contributed by atoms with Crippen LogP contribution in [0.4, 0.5) is 18.6 Å². The summed E-state index contributed by atoms with van der Waals surface area (Å²) in [5.41, 5.74) is 5.23. The largest absolute Gasteiger partial charge is 0.468 e. The number of rotatable bonds is 13. The molecule has 0 radical (unpaired) electrons. The van der Waals surface area contributed by atoms with Gasteiger partial charge < -0.3 is 25.8 Å². The molecular weight excluding hydrogens is 468 g/mol. The summed E-state index contributed by atoms with van der Waals surface area (Å²) in [5, 5.41) is 15.1. The van der Waals surface area contributed by atoms with E-state index in [1.807, 2.05) is 19.0 Å². The number of nitrogens with two attached hydrogens (primary N) is 1. The number of aromatic nitrogens is 1. The third-order valence-electron chi connectivity index (χ3n) is 4.89. The van der Waals surface area contributed by atoms with Crippen LogP contribution in [0.15, 0.2) is 18.2 Å². The molecule has 5 N–H and O–H groups in total. The summed E-state index contributed by atoms with van der Waals surface area (Å²) in [5.74, 6) is -2.37. The van der Waals surface area contributed by atoms with Gasteiger partial charge in [0, 0.05) is 18.7 Å². The van der Waals surface area contributed by atoms with Crippen molar-refractivity contribution >= 4 is 28.5 Å². The Hall–Kier alpha value is -2.83. The first-order valence-corrected chi connectivity index (χ1v) is 11.6. The normalized spacial score (nSPS) is 12.9. The maximum Gasteiger partial charge on any atom is 0.319 e. The molecule has 9 nitrogen and oxygen atoms in total. The maximum atomic E-state index is 14.0. The number of carbonyl (C=O) groups excluding carboxylic acids is 2. The highest BCUT2D eigenvalue weighted by Crippen LogP contribution is 2.33. The van der Waals surface area contributed by atoms with E-state index in [1.165, 1.54) is 6.92 Å². The molecule has 0 saturated carbocycles. The minimum absolute atomic E-state index is 0.0510. The molecule has 12 heteroatoms. The van der Waals surface area contributed by atoms with Crippen molar-refractivity contribution in [2.24, 2.45) is 5.73 Å². The molecule has 2 aromatic rings. The molecule has 1 aromatic carbocycles. The van der Waals surface area contributed by atoms with Gasteiger partial charge in [0.1, 0.15) is 28.3 Å². The molecule has 0 aliphatic rings. The van der Waals surface area contributed by atoms with Crippen LogP contribution in [-0.4, -0.2) is 59.6 Å². The number of primary amides is 1. The zero-order valence-electron chi connectivity index (χ0n) is 19.4. The first kappa shape index (κ1) is 27.4. The molecule has 3 amide bonds. The van der Waals surface area contributed by atoms with E-state index in [9.17, 15) is 23.5 Å². The number of unbranched alkanes of at least 4 members (excludes halogenated alkanes) is 2. The van der Waals surface area contributed by atoms with E-state index in [0.29, 0.717) is 19.5 Å². The number of ether oxygens (including phenoxy) is 1. The Morgan fingerprint density at radius 2 is 2.00 bits per heavy atom. The SMILES string of the molecule is CC(Oc1nsc(NC(=O)NCCCCCC(O)CN(C)C)c1C(N)=O)c1cc(F)ccc1F. The van der Waals surface area contributed by atoms with Gasteiger partial charge in [-0.1, -0.05) is 12.8 Å². The number of halogens is 2. The fraction of sp³-hybridized carbons (Fsp3) is 0.500. The lowest BCUT2D eigenvalue weighted by atomic mass is 10.1. The van der Waals surface area contributed by atoms with Gasteiger partial charge in [0.15, 0.2) is 0 Å². The smallest absolute Gasteiger partial charge is 0.319 e. The summed E-state index contributed by atoms with van der Waals surface area (Å²) in [6, 6.07) is 2.41. The lowest BCUT2D eigenvalue weighted by Crippen LogP contribution is -2.30. The van der Waals surface area contributed by atoms with E-state index in [-0.39, 0.29) is 28.1 Å². The van der Waals surface area contributed by atoms with Gasteiger partial charge in [0.2, 0.25) is 5.88 Å². The Morgan fingerprint density at radius 3 is 2.68 bits per heavy atom. The van der Waals surface area contributed by atoms with Crippen LogP contribution >= 0.6 is 11.5 Å². The van der Waals surface area contributed by atoms with Gasteiger partial charge in [0.05, 0.1) is 6.10 Å². The van der Waals surface area contributed by atoms with Gasteiger partial charge >= 0.3 is 6.03 Å². The number of carbonyl (C=O) groups is 2. The first-order valence-electron chi connectivity index (χ1n) is 10.9. The highest BCUT2D eigenvalue weighted by atomic mass is 32.1. The molecule has 2 rings (SSSR count). The van der Waals surface area contributed by atoms with Crippen molar-refractivity contribution in [3.8, 4) is 5.88 Å². The van der Waals surface area contributed by atoms with E-state index in [4.69, 9.17) is 10.5 Å². The van der Waals surface area contributed by atoms with Crippen molar-refractivity contribution in [2.75, 3.05) is 32.5 Å². The summed E-state index contributed by atoms with van der Waals surface area (Å²) in [6.45, 7) is 2.49. The fourth-order valence-corrected chi connectivity index (χ4v) is 3.99. The molecule has 0 bridgehead atoms. The Balaban J connectivity index is 1.87. The van der Waals surface area contributed by atoms with Gasteiger partial charge in [-0.15, -0.1) is 0 Å². The molecule has 2 unspecified atom stereocenters. The van der Waals surface area contributed by atoms with Crippen LogP contribution in [0.3, 0.4) is 0 Å². The van der Waals surface area contributed by atoms with E-state index >= 15 is 0 Å². The second-order valence-corrected chi connectivity index (χ2v) is 8.90. The number of nitrogens with zero attached hydrogens (tertiary/aromatic N) is 2. The number of aliphatic hydroxyl groups excluding tert-OH is 1. The number of anilines is 1. The Kier molecular flexibility index (Phi) is 10.6. The lowest BCUT2D eigenvalue weighted by molar-refractivity contribution is 0.0994. The van der Waals surface area contributed by atoms with Crippen molar-refractivity contribution < 1.29 is 28.2 Å². The average Bonchev–Trinajstić information content (AvgIpc) is 3.13. The van der Waals surface area contributed by atoms with E-state index in [1.54, 1.807) is 0 Å². The topological polar surface area (TPSA) is 130 Å². The quantitative estimate of drug-likeness (QED) is 0.313. The molecule has 0 spiro atoms. The maximum absolute atomic E-state index is 14.0. The van der Waals surface area contributed by atoms with Crippen LogP contribution < -0.4 is 21.1 Å². The number of urea groups is 1. The Labute approximate surface area is 201 Å². The van der Waals surface area contributed by atoms with Crippen LogP contribution in [-0.2, 0) is 0 Å². The number of likely N-dealkylation sites (N-methyl/N-ethyl adjacent to an activating group) is 1. The van der Waals surface area contributed by atoms with Crippen LogP contribution in [0.1, 0.15) is 54.6 Å². The monoisotopic (exact) mass is 499 g/mol. The van der Waals surface area contributed by atoms with Crippen LogP contribution in [0.2, 0.25) is 0 Å². The van der Waals surface area contributed by atoms with Crippen LogP contribution in [0, 0.1) is 11.6 Å². The van der Waals surface area contributed by atoms with Gasteiger partial charge in [-0.3, -0.25) is 10.1 Å². The van der Waals surface area contributed by atoms with Gasteiger partial charge in [-0.05, 0) is 63.6 Å². The summed E-state index contributed by atoms with van der Waals surface area (Å²) in [7, 11) is 3.80. The predicted octanol–water partition coefficient (Wildman–Crippen LogP) is 3.26. The molecular formula is C22H31F2N5O4S. The number of hydrogen-bond acceptors (Lipinski definition) is 7. The van der Waals surface area contributed by atoms with Crippen molar-refractivity contribution in [2.45, 2.75) is 44.8 Å². The number of nitrogens with one attached hydrogen (secondary N) is 2. The molecule has 0 aliphatic heterocycles. The van der Waals surface area contributed by atoms with Gasteiger partial charge in [0.25, 0.3) is 5.91 Å². The summed E-state index contributed by atoms with van der Waals surface area (Å²) in [4.78, 5) is 26.1. The van der Waals surface area contributed by atoms with E-state index in [0.717, 1.165) is 49.0 Å². The Morgan fingerprint density at radius 1 is 1.26 bits per heavy atom. The van der Waals surface area contributed by atoms with Crippen molar-refractivity contribution in [1.82, 2.24) is 14.6 Å². The highest BCUT2D eigenvalue weighted by molar-refractivity contribution is 7.11. The number of benzene rings is 1. The minimum atomic E-state index is -0.964. The molecule has 1 heterocycles. The van der Waals surface area contributed by atoms with E-state index < -0.39 is 29.7 Å². The van der Waals surface area contributed by atoms with Gasteiger partial charge in [-0.2, -0.15) is 4.37 Å². The standard InChI is InChI=1S/C22H31F2N5O4S/c1-13(16-11-14(23)8-9-17(16)24)33-20-18(19(25)31)21(34-28-20)27-22(32)26-10-6-4-5-7-15(30)12-29(2)3/h8-9,11,13,15,30H,4-7,10,12H2,1-3H3,(H2,25,31)(H2,26,27,32). The predicted molar refractivity (Wildman–Crippen MR) is 126 cm³/mol. The molecule has 1 aromatic heterocycles. The van der Waals surface area contributed by atoms with Crippen LogP contribution in [0.25, 0.3) is 0 Å². The molecule has 0 aliphatic carbocycles. The number of hydrogen-bond donors (Lipinski definition) is 4. The first-order chi connectivity index (χ1) is 16.1.